The molecular weight excluding hydrogens is 356 g/mol. The van der Waals surface area contributed by atoms with E-state index in [1.807, 2.05) is 42.5 Å². The average Bonchev–Trinajstić information content (AvgIpc) is 3.33. The van der Waals surface area contributed by atoms with Crippen LogP contribution in [0.5, 0.6) is 5.88 Å². The van der Waals surface area contributed by atoms with Crippen molar-refractivity contribution in [2.24, 2.45) is 4.99 Å². The molecule has 4 nitrogen and oxygen atoms in total. The van der Waals surface area contributed by atoms with E-state index in [2.05, 4.69) is 12.1 Å². The number of benzene rings is 2. The highest BCUT2D eigenvalue weighted by Gasteiger charge is 2.32. The largest absolute Gasteiger partial charge is 0.493 e. The highest BCUT2D eigenvalue weighted by molar-refractivity contribution is 7.10. The van der Waals surface area contributed by atoms with Crippen LogP contribution in [-0.2, 0) is 6.54 Å². The van der Waals surface area contributed by atoms with Gasteiger partial charge in [-0.2, -0.15) is 0 Å². The molecule has 27 heavy (non-hydrogen) atoms. The van der Waals surface area contributed by atoms with Crippen LogP contribution in [0.25, 0.3) is 6.08 Å². The molecule has 0 saturated heterocycles. The highest BCUT2D eigenvalue weighted by Crippen LogP contribution is 2.37. The van der Waals surface area contributed by atoms with Crippen molar-refractivity contribution >= 4 is 17.4 Å². The molecule has 2 atom stereocenters. The Bertz CT molecular complexity index is 1180. The fourth-order valence-corrected chi connectivity index (χ4v) is 5.12. The lowest BCUT2D eigenvalue weighted by Gasteiger charge is -2.07. The molecular formula is C22H20N2O2S. The maximum atomic E-state index is 12.4. The van der Waals surface area contributed by atoms with Crippen molar-refractivity contribution in [3.63, 3.8) is 0 Å². The Kier molecular flexibility index (Phi) is 3.97. The molecule has 1 fully saturated rings. The van der Waals surface area contributed by atoms with Gasteiger partial charge in [-0.3, -0.25) is 14.4 Å². The smallest absolute Gasteiger partial charge is 0.310 e. The lowest BCUT2D eigenvalue weighted by molar-refractivity contribution is 0.420. The second-order valence-corrected chi connectivity index (χ2v) is 8.32. The van der Waals surface area contributed by atoms with E-state index in [0.29, 0.717) is 23.4 Å². The zero-order valence-corrected chi connectivity index (χ0v) is 15.7. The molecule has 0 amide bonds. The first kappa shape index (κ1) is 16.5. The Balaban J connectivity index is 1.52. The van der Waals surface area contributed by atoms with Crippen LogP contribution >= 0.6 is 11.3 Å². The molecule has 136 valence electrons. The first-order valence-electron chi connectivity index (χ1n) is 9.35. The van der Waals surface area contributed by atoms with Gasteiger partial charge in [0, 0.05) is 5.92 Å². The number of nitrogens with zero attached hydrogens (tertiary/aromatic N) is 2. The van der Waals surface area contributed by atoms with Gasteiger partial charge >= 0.3 is 4.87 Å². The third kappa shape index (κ3) is 2.92. The van der Waals surface area contributed by atoms with E-state index in [4.69, 9.17) is 4.99 Å². The van der Waals surface area contributed by atoms with E-state index in [9.17, 15) is 9.90 Å². The predicted octanol–water partition coefficient (Wildman–Crippen LogP) is 2.76. The standard InChI is InChI=1S/C22H20N2O2S/c25-21-20(27-22(26)24(21)13-14-5-2-1-3-6-14)12-15-9-10-19-17(11-15)16-7-4-8-18(16)23-19/h1-3,5-6,9-12,16,18,25H,4,7-8,13H2. The summed E-state index contributed by atoms with van der Waals surface area (Å²) in [5, 5.41) is 12.7. The van der Waals surface area contributed by atoms with Crippen molar-refractivity contribution in [3.05, 3.63) is 84.8 Å². The molecule has 2 aromatic carbocycles. The summed E-state index contributed by atoms with van der Waals surface area (Å²) >= 11 is 1.09. The topological polar surface area (TPSA) is 54.6 Å². The van der Waals surface area contributed by atoms with Gasteiger partial charge in [0.05, 0.1) is 22.8 Å². The monoisotopic (exact) mass is 376 g/mol. The average molecular weight is 376 g/mol. The van der Waals surface area contributed by atoms with Crippen LogP contribution in [0.1, 0.15) is 41.2 Å². The van der Waals surface area contributed by atoms with E-state index in [1.165, 1.54) is 29.4 Å². The molecule has 3 aromatic rings. The van der Waals surface area contributed by atoms with Crippen LogP contribution in [0.3, 0.4) is 0 Å². The Morgan fingerprint density at radius 2 is 2.04 bits per heavy atom. The van der Waals surface area contributed by atoms with E-state index in [0.717, 1.165) is 27.5 Å². The number of rotatable bonds is 3. The van der Waals surface area contributed by atoms with Gasteiger partial charge in [0.15, 0.2) is 0 Å². The molecule has 1 saturated carbocycles. The molecule has 1 N–H and O–H groups in total. The van der Waals surface area contributed by atoms with E-state index >= 15 is 0 Å². The second-order valence-electron chi connectivity index (χ2n) is 7.32. The SMILES string of the molecule is O=c1sc(C=c2ccc3c(c2)C2CCCC2N=3)c(O)n1Cc1ccccc1. The summed E-state index contributed by atoms with van der Waals surface area (Å²) in [6, 6.07) is 16.4. The third-order valence-corrected chi connectivity index (χ3v) is 6.53. The summed E-state index contributed by atoms with van der Waals surface area (Å²) in [4.78, 5) is 17.7. The van der Waals surface area contributed by atoms with Crippen LogP contribution in [0.4, 0.5) is 0 Å². The summed E-state index contributed by atoms with van der Waals surface area (Å²) in [5.74, 6) is 0.584. The maximum absolute atomic E-state index is 12.4. The fourth-order valence-electron chi connectivity index (χ4n) is 4.28. The van der Waals surface area contributed by atoms with Gasteiger partial charge in [0.25, 0.3) is 0 Å². The molecule has 2 unspecified atom stereocenters. The summed E-state index contributed by atoms with van der Waals surface area (Å²) in [7, 11) is 0. The van der Waals surface area contributed by atoms with Crippen LogP contribution in [-0.4, -0.2) is 15.7 Å². The second kappa shape index (κ2) is 6.50. The fraction of sp³-hybridized carbons (Fsp3) is 0.273. The first-order chi connectivity index (χ1) is 13.2. The first-order valence-corrected chi connectivity index (χ1v) is 10.2. The van der Waals surface area contributed by atoms with Gasteiger partial charge in [-0.25, -0.2) is 0 Å². The van der Waals surface area contributed by atoms with Crippen molar-refractivity contribution < 1.29 is 5.11 Å². The molecule has 1 aliphatic heterocycles. The number of aromatic nitrogens is 1. The van der Waals surface area contributed by atoms with Crippen LogP contribution in [0.2, 0.25) is 0 Å². The quantitative estimate of drug-likeness (QED) is 0.764. The lowest BCUT2D eigenvalue weighted by atomic mass is 9.96. The molecule has 0 bridgehead atoms. The van der Waals surface area contributed by atoms with Crippen molar-refractivity contribution in [2.45, 2.75) is 37.8 Å². The van der Waals surface area contributed by atoms with Crippen LogP contribution in [0, 0.1) is 0 Å². The van der Waals surface area contributed by atoms with Crippen molar-refractivity contribution in [2.75, 3.05) is 0 Å². The van der Waals surface area contributed by atoms with Gasteiger partial charge in [0.1, 0.15) is 0 Å². The van der Waals surface area contributed by atoms with Crippen LogP contribution < -0.4 is 15.4 Å². The minimum Gasteiger partial charge on any atom is -0.493 e. The van der Waals surface area contributed by atoms with E-state index in [1.54, 1.807) is 0 Å². The van der Waals surface area contributed by atoms with Crippen molar-refractivity contribution in [1.29, 1.82) is 0 Å². The number of hydrogen-bond acceptors (Lipinski definition) is 4. The summed E-state index contributed by atoms with van der Waals surface area (Å²) in [6.07, 6.45) is 5.54. The number of fused-ring (bicyclic) bond motifs is 3. The summed E-state index contributed by atoms with van der Waals surface area (Å²) in [5.41, 5.74) is 2.31. The Morgan fingerprint density at radius 1 is 1.19 bits per heavy atom. The Labute approximate surface area is 160 Å². The van der Waals surface area contributed by atoms with Crippen molar-refractivity contribution in [3.8, 4) is 5.88 Å². The summed E-state index contributed by atoms with van der Waals surface area (Å²) < 4.78 is 1.43. The van der Waals surface area contributed by atoms with Crippen molar-refractivity contribution in [1.82, 2.24) is 4.57 Å². The molecule has 2 heterocycles. The van der Waals surface area contributed by atoms with Gasteiger partial charge < -0.3 is 5.11 Å². The van der Waals surface area contributed by atoms with Crippen LogP contribution in [0.15, 0.2) is 58.3 Å². The Hall–Kier alpha value is -2.66. The highest BCUT2D eigenvalue weighted by atomic mass is 32.1. The Morgan fingerprint density at radius 3 is 2.89 bits per heavy atom. The van der Waals surface area contributed by atoms with Gasteiger partial charge in [-0.05, 0) is 47.4 Å². The summed E-state index contributed by atoms with van der Waals surface area (Å²) in [6.45, 7) is 0.378. The molecule has 5 heteroatoms. The minimum absolute atomic E-state index is 0.0396. The van der Waals surface area contributed by atoms with Gasteiger partial charge in [-0.15, -0.1) is 0 Å². The number of thiazole rings is 1. The predicted molar refractivity (Wildman–Crippen MR) is 107 cm³/mol. The van der Waals surface area contributed by atoms with E-state index in [-0.39, 0.29) is 10.8 Å². The van der Waals surface area contributed by atoms with Gasteiger partial charge in [0.2, 0.25) is 5.88 Å². The molecule has 1 aromatic heterocycles. The zero-order valence-electron chi connectivity index (χ0n) is 14.8. The maximum Gasteiger partial charge on any atom is 0.310 e. The lowest BCUT2D eigenvalue weighted by Crippen LogP contribution is -2.13. The normalized spacial score (nSPS) is 21.1. The van der Waals surface area contributed by atoms with E-state index < -0.39 is 0 Å². The van der Waals surface area contributed by atoms with Gasteiger partial charge in [-0.1, -0.05) is 54.2 Å². The molecule has 5 rings (SSSR count). The zero-order chi connectivity index (χ0) is 18.4. The number of hydrogen-bond donors (Lipinski definition) is 1. The molecule has 0 spiro atoms. The molecule has 2 aliphatic rings. The third-order valence-electron chi connectivity index (χ3n) is 5.61. The molecule has 0 radical (unpaired) electrons. The number of aromatic hydroxyl groups is 1. The minimum atomic E-state index is -0.144. The molecule has 1 aliphatic carbocycles.